The van der Waals surface area contributed by atoms with Gasteiger partial charge in [-0.15, -0.1) is 18.1 Å². The van der Waals surface area contributed by atoms with Gasteiger partial charge in [0.15, 0.2) is 6.33 Å². The summed E-state index contributed by atoms with van der Waals surface area (Å²) in [6.07, 6.45) is 14.5. The topological polar surface area (TPSA) is 54.5 Å². The Morgan fingerprint density at radius 1 is 0.889 bits per heavy atom. The maximum absolute atomic E-state index is 3.38. The second-order valence-corrected chi connectivity index (χ2v) is 7.15. The maximum Gasteiger partial charge on any atom is 0.161 e. The average Bonchev–Trinajstić information content (AvgIpc) is 2.97. The Balaban J connectivity index is 0.000000473. The SMILES string of the molecule is CCCCP(CCCC)CCCC.c1nn[nH]n1. The molecule has 0 aliphatic carbocycles. The number of tetrazole rings is 1. The smallest absolute Gasteiger partial charge is 0.161 e. The highest BCUT2D eigenvalue weighted by molar-refractivity contribution is 7.57. The lowest BCUT2D eigenvalue weighted by Crippen LogP contribution is -1.95. The summed E-state index contributed by atoms with van der Waals surface area (Å²) in [5.74, 6) is 0. The van der Waals surface area contributed by atoms with Gasteiger partial charge in [-0.1, -0.05) is 45.2 Å². The van der Waals surface area contributed by atoms with Crippen LogP contribution in [0.25, 0.3) is 0 Å². The van der Waals surface area contributed by atoms with Crippen LogP contribution >= 0.6 is 7.92 Å². The van der Waals surface area contributed by atoms with Crippen molar-refractivity contribution in [3.05, 3.63) is 6.33 Å². The molecule has 0 spiro atoms. The highest BCUT2D eigenvalue weighted by Crippen LogP contribution is 2.38. The maximum atomic E-state index is 3.38. The Morgan fingerprint density at radius 3 is 1.61 bits per heavy atom. The fourth-order valence-corrected chi connectivity index (χ4v) is 4.57. The third-order valence-electron chi connectivity index (χ3n) is 2.75. The van der Waals surface area contributed by atoms with Gasteiger partial charge in [0.05, 0.1) is 0 Å². The third-order valence-corrected chi connectivity index (χ3v) is 5.60. The molecule has 0 aliphatic rings. The van der Waals surface area contributed by atoms with Gasteiger partial charge in [0.25, 0.3) is 0 Å². The van der Waals surface area contributed by atoms with Crippen LogP contribution in [0.3, 0.4) is 0 Å². The van der Waals surface area contributed by atoms with Crippen LogP contribution in [0.1, 0.15) is 59.3 Å². The molecule has 0 unspecified atom stereocenters. The fourth-order valence-electron chi connectivity index (χ4n) is 1.61. The van der Waals surface area contributed by atoms with Crippen LogP contribution in [0.4, 0.5) is 0 Å². The van der Waals surface area contributed by atoms with E-state index in [1.165, 1.54) is 44.9 Å². The van der Waals surface area contributed by atoms with Crippen LogP contribution in [0, 0.1) is 0 Å². The summed E-state index contributed by atoms with van der Waals surface area (Å²) < 4.78 is 0. The molecule has 1 N–H and O–H groups in total. The number of aromatic nitrogens is 4. The van der Waals surface area contributed by atoms with Crippen LogP contribution in [0.5, 0.6) is 0 Å². The van der Waals surface area contributed by atoms with Crippen LogP contribution in [0.2, 0.25) is 0 Å². The van der Waals surface area contributed by atoms with E-state index in [0.29, 0.717) is 7.92 Å². The first-order valence-electron chi connectivity index (χ1n) is 7.23. The van der Waals surface area contributed by atoms with Crippen molar-refractivity contribution in [2.45, 2.75) is 59.3 Å². The molecule has 0 aromatic carbocycles. The van der Waals surface area contributed by atoms with E-state index in [1.54, 1.807) is 18.5 Å². The van der Waals surface area contributed by atoms with Gasteiger partial charge in [-0.25, -0.2) is 0 Å². The lowest BCUT2D eigenvalue weighted by Gasteiger charge is -2.16. The summed E-state index contributed by atoms with van der Waals surface area (Å²) in [4.78, 5) is 0. The molecule has 1 aromatic rings. The van der Waals surface area contributed by atoms with Gasteiger partial charge < -0.3 is 0 Å². The molecule has 1 heterocycles. The van der Waals surface area contributed by atoms with Gasteiger partial charge >= 0.3 is 0 Å². The van der Waals surface area contributed by atoms with Gasteiger partial charge in [0.2, 0.25) is 0 Å². The number of rotatable bonds is 9. The van der Waals surface area contributed by atoms with E-state index < -0.39 is 0 Å². The molecule has 106 valence electrons. The minimum Gasteiger partial charge on any atom is -0.177 e. The first kappa shape index (κ1) is 17.5. The van der Waals surface area contributed by atoms with Crippen LogP contribution in [0.15, 0.2) is 6.33 Å². The van der Waals surface area contributed by atoms with E-state index >= 15 is 0 Å². The molecule has 5 heteroatoms. The number of hydrogen-bond acceptors (Lipinski definition) is 3. The summed E-state index contributed by atoms with van der Waals surface area (Å²) in [5, 5.41) is 12.2. The third kappa shape index (κ3) is 12.0. The van der Waals surface area contributed by atoms with E-state index in [-0.39, 0.29) is 0 Å². The molecule has 0 saturated heterocycles. The van der Waals surface area contributed by atoms with E-state index in [9.17, 15) is 0 Å². The van der Waals surface area contributed by atoms with Gasteiger partial charge in [0, 0.05) is 0 Å². The monoisotopic (exact) mass is 272 g/mol. The molecule has 18 heavy (non-hydrogen) atoms. The lowest BCUT2D eigenvalue weighted by molar-refractivity contribution is 0.847. The summed E-state index contributed by atoms with van der Waals surface area (Å²) in [5.41, 5.74) is 0. The van der Waals surface area contributed by atoms with E-state index in [4.69, 9.17) is 0 Å². The Kier molecular flexibility index (Phi) is 14.2. The van der Waals surface area contributed by atoms with E-state index in [2.05, 4.69) is 41.4 Å². The normalized spacial score (nSPS) is 10.2. The minimum absolute atomic E-state index is 0.422. The van der Waals surface area contributed by atoms with Gasteiger partial charge in [-0.2, -0.15) is 5.21 Å². The number of hydrogen-bond donors (Lipinski definition) is 1. The summed E-state index contributed by atoms with van der Waals surface area (Å²) in [7, 11) is 0.422. The zero-order valence-electron chi connectivity index (χ0n) is 12.2. The van der Waals surface area contributed by atoms with Crippen molar-refractivity contribution in [2.24, 2.45) is 0 Å². The molecule has 1 rings (SSSR count). The molecule has 0 aliphatic heterocycles. The van der Waals surface area contributed by atoms with Gasteiger partial charge in [-0.3, -0.25) is 0 Å². The van der Waals surface area contributed by atoms with Crippen LogP contribution in [-0.2, 0) is 0 Å². The first-order valence-corrected chi connectivity index (χ1v) is 9.13. The number of H-pyrrole nitrogens is 1. The predicted octanol–water partition coefficient (Wildman–Crippen LogP) is 4.07. The quantitative estimate of drug-likeness (QED) is 0.689. The number of aromatic amines is 1. The van der Waals surface area contributed by atoms with Crippen LogP contribution in [-0.4, -0.2) is 39.1 Å². The zero-order valence-corrected chi connectivity index (χ0v) is 13.1. The molecular weight excluding hydrogens is 243 g/mol. The van der Waals surface area contributed by atoms with Gasteiger partial charge in [-0.05, 0) is 37.7 Å². The number of nitrogens with one attached hydrogen (secondary N) is 1. The summed E-state index contributed by atoms with van der Waals surface area (Å²) in [6.45, 7) is 6.94. The minimum atomic E-state index is 0.422. The Labute approximate surface area is 113 Å². The molecular formula is C13H29N4P. The average molecular weight is 272 g/mol. The molecule has 0 saturated carbocycles. The summed E-state index contributed by atoms with van der Waals surface area (Å²) in [6, 6.07) is 0. The number of nitrogens with zero attached hydrogens (tertiary/aromatic N) is 3. The lowest BCUT2D eigenvalue weighted by atomic mass is 10.4. The Morgan fingerprint density at radius 2 is 1.39 bits per heavy atom. The first-order chi connectivity index (χ1) is 8.85. The molecule has 0 radical (unpaired) electrons. The molecule has 1 aromatic heterocycles. The van der Waals surface area contributed by atoms with Crippen molar-refractivity contribution in [2.75, 3.05) is 18.5 Å². The molecule has 0 fully saturated rings. The van der Waals surface area contributed by atoms with Crippen molar-refractivity contribution < 1.29 is 0 Å². The highest BCUT2D eigenvalue weighted by Gasteiger charge is 2.05. The van der Waals surface area contributed by atoms with E-state index in [0.717, 1.165) is 0 Å². The molecule has 0 bridgehead atoms. The van der Waals surface area contributed by atoms with Crippen molar-refractivity contribution >= 4 is 7.92 Å². The second kappa shape index (κ2) is 14.6. The van der Waals surface area contributed by atoms with Crippen molar-refractivity contribution in [3.63, 3.8) is 0 Å². The zero-order chi connectivity index (χ0) is 13.5. The van der Waals surface area contributed by atoms with E-state index in [1.807, 2.05) is 0 Å². The number of unbranched alkanes of at least 4 members (excludes halogenated alkanes) is 3. The predicted molar refractivity (Wildman–Crippen MR) is 80.4 cm³/mol. The Hall–Kier alpha value is -0.500. The van der Waals surface area contributed by atoms with Crippen molar-refractivity contribution in [3.8, 4) is 0 Å². The molecule has 0 atom stereocenters. The highest BCUT2D eigenvalue weighted by atomic mass is 31.1. The van der Waals surface area contributed by atoms with Crippen LogP contribution < -0.4 is 0 Å². The molecule has 0 amide bonds. The Bertz CT molecular complexity index is 193. The largest absolute Gasteiger partial charge is 0.177 e. The van der Waals surface area contributed by atoms with Gasteiger partial charge in [0.1, 0.15) is 0 Å². The van der Waals surface area contributed by atoms with Crippen molar-refractivity contribution in [1.82, 2.24) is 20.6 Å². The second-order valence-electron chi connectivity index (χ2n) is 4.46. The van der Waals surface area contributed by atoms with Crippen molar-refractivity contribution in [1.29, 1.82) is 0 Å². The summed E-state index contributed by atoms with van der Waals surface area (Å²) >= 11 is 0. The molecule has 4 nitrogen and oxygen atoms in total. The standard InChI is InChI=1S/C12H27P.CH2N4/c1-4-7-10-13(11-8-5-2)12-9-6-3;1-2-4-5-3-1/h4-12H2,1-3H3;1H,(H,2,3,4,5). The fraction of sp³-hybridized carbons (Fsp3) is 0.923.